The molecule has 1 saturated carbocycles. The molecule has 4 aromatic rings. The lowest BCUT2D eigenvalue weighted by molar-refractivity contribution is -0.605. The number of carbonyl (C=O) groups excluding carboxylic acids is 2. The molecule has 1 aliphatic carbocycles. The van der Waals surface area contributed by atoms with Crippen LogP contribution in [0.1, 0.15) is 50.8 Å². The highest BCUT2D eigenvalue weighted by Crippen LogP contribution is 2.38. The van der Waals surface area contributed by atoms with Crippen LogP contribution in [0.25, 0.3) is 10.9 Å². The molecular weight excluding hydrogens is 735 g/mol. The van der Waals surface area contributed by atoms with Crippen molar-refractivity contribution >= 4 is 61.9 Å². The summed E-state index contributed by atoms with van der Waals surface area (Å²) < 4.78 is 75.8. The molecule has 0 saturated heterocycles. The van der Waals surface area contributed by atoms with E-state index in [1.807, 2.05) is 0 Å². The minimum atomic E-state index is -4.08. The number of carbonyl (C=O) groups is 2. The number of pyridine rings is 1. The van der Waals surface area contributed by atoms with Gasteiger partial charge in [-0.05, 0) is 81.5 Å². The van der Waals surface area contributed by atoms with E-state index in [2.05, 4.69) is 4.74 Å². The molecule has 12 nitrogen and oxygen atoms in total. The molecule has 1 amide bonds. The topological polar surface area (TPSA) is 140 Å². The molecular formula is C34H35Cl2F2N3O9S. The summed E-state index contributed by atoms with van der Waals surface area (Å²) in [7, 11) is -4.08. The number of halogens is 4. The maximum Gasteiger partial charge on any atom is 0.428 e. The molecule has 1 aliphatic rings. The summed E-state index contributed by atoms with van der Waals surface area (Å²) in [6, 6.07) is 10.2. The molecule has 0 radical (unpaired) electrons. The Morgan fingerprint density at radius 1 is 1.06 bits per heavy atom. The van der Waals surface area contributed by atoms with Gasteiger partial charge in [-0.25, -0.2) is 13.2 Å². The number of amides is 1. The zero-order valence-corrected chi connectivity index (χ0v) is 30.3. The van der Waals surface area contributed by atoms with Crippen molar-refractivity contribution in [3.05, 3.63) is 87.4 Å². The second kappa shape index (κ2) is 15.1. The Bertz CT molecular complexity index is 2030. The highest BCUT2D eigenvalue weighted by Gasteiger charge is 2.31. The predicted octanol–water partition coefficient (Wildman–Crippen LogP) is 7.20. The smallest absolute Gasteiger partial charge is 0.428 e. The Kier molecular flexibility index (Phi) is 11.2. The van der Waals surface area contributed by atoms with Crippen molar-refractivity contribution in [2.24, 2.45) is 5.92 Å². The van der Waals surface area contributed by atoms with Crippen molar-refractivity contribution in [2.45, 2.75) is 64.9 Å². The quantitative estimate of drug-likeness (QED) is 0.0785. The van der Waals surface area contributed by atoms with Gasteiger partial charge in [-0.1, -0.05) is 29.3 Å². The number of rotatable bonds is 13. The van der Waals surface area contributed by atoms with Crippen LogP contribution in [-0.2, 0) is 37.3 Å². The summed E-state index contributed by atoms with van der Waals surface area (Å²) in [4.78, 5) is 26.4. The Labute approximate surface area is 303 Å². The molecule has 1 fully saturated rings. The van der Waals surface area contributed by atoms with Gasteiger partial charge in [0.1, 0.15) is 28.3 Å². The molecule has 274 valence electrons. The number of aromatic nitrogens is 2. The van der Waals surface area contributed by atoms with Gasteiger partial charge in [0.05, 0.1) is 18.6 Å². The molecule has 0 bridgehead atoms. The van der Waals surface area contributed by atoms with Crippen molar-refractivity contribution in [3.63, 3.8) is 0 Å². The largest absolute Gasteiger partial charge is 0.619 e. The van der Waals surface area contributed by atoms with E-state index in [4.69, 9.17) is 37.4 Å². The van der Waals surface area contributed by atoms with Crippen molar-refractivity contribution in [1.82, 2.24) is 4.57 Å². The number of alkyl halides is 2. The summed E-state index contributed by atoms with van der Waals surface area (Å²) in [5.41, 5.74) is 0.258. The number of benzene rings is 2. The lowest BCUT2D eigenvalue weighted by Crippen LogP contribution is -2.40. The molecule has 0 spiro atoms. The van der Waals surface area contributed by atoms with Gasteiger partial charge in [-0.15, -0.1) is 0 Å². The third-order valence-electron chi connectivity index (χ3n) is 7.63. The van der Waals surface area contributed by atoms with Gasteiger partial charge in [0.2, 0.25) is 10.0 Å². The summed E-state index contributed by atoms with van der Waals surface area (Å²) in [6.45, 7) is 1.71. The number of hydrogen-bond donors (Lipinski definition) is 0. The van der Waals surface area contributed by atoms with Gasteiger partial charge in [-0.2, -0.15) is 17.8 Å². The lowest BCUT2D eigenvalue weighted by Gasteiger charge is -2.26. The Hall–Kier alpha value is -4.34. The molecule has 1 atom stereocenters. The Morgan fingerprint density at radius 2 is 1.75 bits per heavy atom. The molecule has 5 rings (SSSR count). The fourth-order valence-corrected chi connectivity index (χ4v) is 6.59. The van der Waals surface area contributed by atoms with E-state index >= 15 is 0 Å². The number of anilines is 1. The Morgan fingerprint density at radius 3 is 2.35 bits per heavy atom. The third-order valence-corrected chi connectivity index (χ3v) is 9.30. The molecule has 51 heavy (non-hydrogen) atoms. The molecule has 0 aliphatic heterocycles. The van der Waals surface area contributed by atoms with Crippen LogP contribution in [0.4, 0.5) is 19.3 Å². The van der Waals surface area contributed by atoms with Crippen molar-refractivity contribution in [3.8, 4) is 11.5 Å². The second-order valence-electron chi connectivity index (χ2n) is 13.0. The first-order valence-corrected chi connectivity index (χ1v) is 18.3. The summed E-state index contributed by atoms with van der Waals surface area (Å²) in [5, 5.41) is 12.4. The SMILES string of the molecule is CC(C)(C)OC(=O)N(c1ccc2c(ccn2CC(=O)O[C@@H](Cc2c(Cl)c[n+]([O-])cc2Cl)c2ccc(OC(F)F)c(OCC3CC3)c2)c1)S(C)(=O)=O. The van der Waals surface area contributed by atoms with Gasteiger partial charge in [-0.3, -0.25) is 4.79 Å². The predicted molar refractivity (Wildman–Crippen MR) is 185 cm³/mol. The van der Waals surface area contributed by atoms with Gasteiger partial charge in [0.25, 0.3) is 0 Å². The summed E-state index contributed by atoms with van der Waals surface area (Å²) in [5.74, 6) is -0.586. The van der Waals surface area contributed by atoms with Crippen LogP contribution in [0, 0.1) is 11.1 Å². The normalized spacial score (nSPS) is 14.0. The first kappa shape index (κ1) is 37.9. The maximum absolute atomic E-state index is 13.5. The number of hydrogen-bond acceptors (Lipinski definition) is 9. The number of sulfonamides is 1. The lowest BCUT2D eigenvalue weighted by atomic mass is 10.0. The van der Waals surface area contributed by atoms with Crippen LogP contribution in [0.2, 0.25) is 10.0 Å². The van der Waals surface area contributed by atoms with E-state index in [-0.39, 0.29) is 46.8 Å². The van der Waals surface area contributed by atoms with E-state index in [1.165, 1.54) is 30.3 Å². The standard InChI is InChI=1S/C34H35Cl2F2N3O9S/c1-34(2,3)50-33(43)41(51(4,45)46)23-8-9-27-21(13-23)11-12-39(27)18-31(42)48-29(15-24-25(35)16-40(44)17-26(24)36)22-7-10-28(49-32(37)38)30(14-22)47-19-20-5-6-20/h7-14,16-17,20,29,32H,5-6,15,18-19H2,1-4H3/t29-/m0/s1. The first-order valence-electron chi connectivity index (χ1n) is 15.7. The minimum Gasteiger partial charge on any atom is -0.619 e. The monoisotopic (exact) mass is 769 g/mol. The highest BCUT2D eigenvalue weighted by atomic mass is 35.5. The van der Waals surface area contributed by atoms with Crippen LogP contribution in [0.5, 0.6) is 11.5 Å². The van der Waals surface area contributed by atoms with Crippen LogP contribution in [0.3, 0.4) is 0 Å². The van der Waals surface area contributed by atoms with E-state index in [1.54, 1.807) is 43.7 Å². The number of fused-ring (bicyclic) bond motifs is 1. The average molecular weight is 771 g/mol. The molecule has 2 heterocycles. The molecule has 2 aromatic heterocycles. The van der Waals surface area contributed by atoms with Crippen LogP contribution >= 0.6 is 23.2 Å². The number of ether oxygens (including phenoxy) is 4. The van der Waals surface area contributed by atoms with E-state index in [0.717, 1.165) is 31.5 Å². The van der Waals surface area contributed by atoms with E-state index in [9.17, 15) is 32.0 Å². The molecule has 2 aromatic carbocycles. The summed E-state index contributed by atoms with van der Waals surface area (Å²) >= 11 is 12.7. The average Bonchev–Trinajstić information content (AvgIpc) is 3.75. The van der Waals surface area contributed by atoms with Crippen LogP contribution < -0.4 is 18.5 Å². The summed E-state index contributed by atoms with van der Waals surface area (Å²) in [6.07, 6.45) is 4.31. The Balaban J connectivity index is 1.43. The highest BCUT2D eigenvalue weighted by molar-refractivity contribution is 7.92. The molecule has 17 heteroatoms. The van der Waals surface area contributed by atoms with Gasteiger partial charge in [0, 0.05) is 29.1 Å². The zero-order chi connectivity index (χ0) is 37.2. The van der Waals surface area contributed by atoms with Gasteiger partial charge >= 0.3 is 18.7 Å². The first-order chi connectivity index (χ1) is 23.9. The third kappa shape index (κ3) is 9.92. The van der Waals surface area contributed by atoms with Crippen molar-refractivity contribution in [1.29, 1.82) is 0 Å². The number of nitrogens with zero attached hydrogens (tertiary/aromatic N) is 3. The van der Waals surface area contributed by atoms with Crippen LogP contribution in [0.15, 0.2) is 61.1 Å². The fourth-order valence-electron chi connectivity index (χ4n) is 5.18. The molecule has 0 N–H and O–H groups in total. The van der Waals surface area contributed by atoms with Crippen LogP contribution in [-0.4, -0.2) is 50.1 Å². The number of esters is 1. The zero-order valence-electron chi connectivity index (χ0n) is 28.0. The van der Waals surface area contributed by atoms with Gasteiger partial charge in [0.15, 0.2) is 23.9 Å². The molecule has 0 unspecified atom stereocenters. The van der Waals surface area contributed by atoms with E-state index in [0.29, 0.717) is 37.0 Å². The van der Waals surface area contributed by atoms with Crippen molar-refractivity contribution < 1.29 is 50.5 Å². The maximum atomic E-state index is 13.5. The van der Waals surface area contributed by atoms with Crippen molar-refractivity contribution in [2.75, 3.05) is 17.2 Å². The fraction of sp³-hybridized carbons (Fsp3) is 0.382. The van der Waals surface area contributed by atoms with Gasteiger partial charge < -0.3 is 28.7 Å². The minimum absolute atomic E-state index is 0.0168. The second-order valence-corrected chi connectivity index (χ2v) is 15.7. The van der Waals surface area contributed by atoms with E-state index < -0.39 is 40.4 Å².